The van der Waals surface area contributed by atoms with Gasteiger partial charge in [-0.2, -0.15) is 0 Å². The zero-order chi connectivity index (χ0) is 37.7. The number of imidazole rings is 1. The lowest BCUT2D eigenvalue weighted by atomic mass is 9.34. The highest BCUT2D eigenvalue weighted by molar-refractivity contribution is 7.01. The summed E-state index contributed by atoms with van der Waals surface area (Å²) in [7, 11) is -2.08. The van der Waals surface area contributed by atoms with Gasteiger partial charge in [-0.15, -0.1) is 0 Å². The average molecular weight is 727 g/mol. The topological polar surface area (TPSA) is 31.7 Å². The largest absolute Gasteiger partial charge is 0.458 e. The molecule has 3 aromatic heterocycles. The lowest BCUT2D eigenvalue weighted by molar-refractivity contribution is 0.411. The van der Waals surface area contributed by atoms with Crippen molar-refractivity contribution in [2.45, 2.75) is 99.2 Å². The van der Waals surface area contributed by atoms with Crippen molar-refractivity contribution in [1.82, 2.24) is 8.97 Å². The summed E-state index contributed by atoms with van der Waals surface area (Å²) in [5.74, 6) is 2.02. The lowest BCUT2D eigenvalue weighted by Crippen LogP contribution is -2.60. The van der Waals surface area contributed by atoms with E-state index in [9.17, 15) is 0 Å². The molecule has 0 fully saturated rings. The SMILES string of the molecule is Cc1cc2c(cc1C)B1c3c(cc([Si](C(C)C)(C(C)C)C(C)C)cc3-n3c4ccc(CC(C)(C)C)cc4n4c5c(ccc6oc7ccccc7c65)c1c34)O2. The maximum Gasteiger partial charge on any atom is 0.259 e. The molecule has 10 rings (SSSR count). The van der Waals surface area contributed by atoms with Crippen molar-refractivity contribution in [2.24, 2.45) is 5.41 Å². The number of fused-ring (bicyclic) bond motifs is 14. The third kappa shape index (κ3) is 4.32. The van der Waals surface area contributed by atoms with Crippen LogP contribution in [0.15, 0.2) is 83.3 Å². The molecule has 0 atom stereocenters. The minimum absolute atomic E-state index is 0.0225. The van der Waals surface area contributed by atoms with Gasteiger partial charge in [0.25, 0.3) is 6.71 Å². The molecule has 2 aliphatic heterocycles. The van der Waals surface area contributed by atoms with E-state index < -0.39 is 8.07 Å². The molecule has 0 N–H and O–H groups in total. The van der Waals surface area contributed by atoms with E-state index in [-0.39, 0.29) is 12.1 Å². The fourth-order valence-corrected chi connectivity index (χ4v) is 18.2. The molecule has 0 radical (unpaired) electrons. The van der Waals surface area contributed by atoms with Crippen molar-refractivity contribution < 1.29 is 9.15 Å². The second kappa shape index (κ2) is 11.2. The van der Waals surface area contributed by atoms with E-state index in [4.69, 9.17) is 9.15 Å². The highest BCUT2D eigenvalue weighted by Crippen LogP contribution is 2.45. The van der Waals surface area contributed by atoms with Gasteiger partial charge in [-0.25, -0.2) is 0 Å². The number of nitrogens with zero attached hydrogens (tertiary/aromatic N) is 2. The minimum Gasteiger partial charge on any atom is -0.458 e. The molecule has 5 aromatic carbocycles. The standard InChI is InChI=1S/C48H51BN2O2Si/c1-26(2)54(27(3)4,28(5)6)32-23-38-45-42(24-32)53-41-21-30(8)29(7)20-35(41)49(45)44-34-17-19-40-43(33-14-12-13-15-39(33)52-40)46(34)51-37-22-31(25-48(9,10)11)16-18-36(37)50(38)47(44)51/h12-24,26-28H,25H2,1-11H3. The molecule has 0 bridgehead atoms. The van der Waals surface area contributed by atoms with Crippen LogP contribution in [0.1, 0.15) is 79.0 Å². The number of furan rings is 1. The number of aromatic nitrogens is 2. The molecule has 8 aromatic rings. The Labute approximate surface area is 320 Å². The molecule has 0 saturated carbocycles. The van der Waals surface area contributed by atoms with Crippen LogP contribution in [0.3, 0.4) is 0 Å². The smallest absolute Gasteiger partial charge is 0.259 e. The average Bonchev–Trinajstić information content (AvgIpc) is 3.75. The molecule has 4 nitrogen and oxygen atoms in total. The van der Waals surface area contributed by atoms with Crippen LogP contribution in [0.4, 0.5) is 0 Å². The summed E-state index contributed by atoms with van der Waals surface area (Å²) in [5, 5.41) is 5.15. The van der Waals surface area contributed by atoms with Crippen LogP contribution in [-0.2, 0) is 6.42 Å². The third-order valence-electron chi connectivity index (χ3n) is 13.4. The number of hydrogen-bond donors (Lipinski definition) is 0. The maximum absolute atomic E-state index is 7.20. The summed E-state index contributed by atoms with van der Waals surface area (Å²) in [6, 6.07) is 30.2. The van der Waals surface area contributed by atoms with Crippen LogP contribution in [0, 0.1) is 19.3 Å². The number of aryl methyl sites for hydroxylation is 2. The Morgan fingerprint density at radius 3 is 2.15 bits per heavy atom. The Morgan fingerprint density at radius 2 is 1.43 bits per heavy atom. The molecule has 2 aliphatic rings. The van der Waals surface area contributed by atoms with Gasteiger partial charge in [0.1, 0.15) is 28.3 Å². The monoisotopic (exact) mass is 726 g/mol. The Morgan fingerprint density at radius 1 is 0.704 bits per heavy atom. The molecule has 0 saturated heterocycles. The summed E-state index contributed by atoms with van der Waals surface area (Å²) >= 11 is 0. The molecule has 272 valence electrons. The van der Waals surface area contributed by atoms with Crippen LogP contribution in [0.2, 0.25) is 16.6 Å². The summed E-state index contributed by atoms with van der Waals surface area (Å²) < 4.78 is 19.0. The van der Waals surface area contributed by atoms with Gasteiger partial charge in [-0.3, -0.25) is 8.97 Å². The Hall–Kier alpha value is -4.68. The Bertz CT molecular complexity index is 2870. The number of ether oxygens (including phenoxy) is 1. The molecule has 0 amide bonds. The van der Waals surface area contributed by atoms with E-state index >= 15 is 0 Å². The molecule has 5 heterocycles. The second-order valence-corrected chi connectivity index (χ2v) is 24.6. The lowest BCUT2D eigenvalue weighted by Gasteiger charge is -2.45. The molecular weight excluding hydrogens is 675 g/mol. The van der Waals surface area contributed by atoms with Gasteiger partial charge in [0.05, 0.1) is 30.0 Å². The predicted octanol–water partition coefficient (Wildman–Crippen LogP) is 11.0. The van der Waals surface area contributed by atoms with Crippen LogP contribution < -0.4 is 26.3 Å². The zero-order valence-corrected chi connectivity index (χ0v) is 34.7. The molecule has 54 heavy (non-hydrogen) atoms. The van der Waals surface area contributed by atoms with Gasteiger partial charge in [-0.1, -0.05) is 97.8 Å². The Kier molecular flexibility index (Phi) is 7.02. The summed E-state index contributed by atoms with van der Waals surface area (Å²) in [4.78, 5) is 0. The van der Waals surface area contributed by atoms with Crippen LogP contribution in [-0.4, -0.2) is 23.8 Å². The third-order valence-corrected chi connectivity index (χ3v) is 20.4. The van der Waals surface area contributed by atoms with E-state index in [1.165, 1.54) is 76.9 Å². The number of hydrogen-bond acceptors (Lipinski definition) is 2. The molecule has 0 aliphatic carbocycles. The van der Waals surface area contributed by atoms with Crippen LogP contribution >= 0.6 is 0 Å². The van der Waals surface area contributed by atoms with E-state index in [1.807, 2.05) is 0 Å². The van der Waals surface area contributed by atoms with E-state index in [2.05, 4.69) is 164 Å². The van der Waals surface area contributed by atoms with E-state index in [0.717, 1.165) is 34.5 Å². The minimum atomic E-state index is -2.08. The van der Waals surface area contributed by atoms with Crippen molar-refractivity contribution in [2.75, 3.05) is 0 Å². The van der Waals surface area contributed by atoms with E-state index in [1.54, 1.807) is 0 Å². The van der Waals surface area contributed by atoms with Crippen molar-refractivity contribution >= 4 is 85.9 Å². The second-order valence-electron chi connectivity index (χ2n) is 18.7. The molecule has 0 spiro atoms. The van der Waals surface area contributed by atoms with Crippen LogP contribution in [0.25, 0.3) is 55.2 Å². The first-order chi connectivity index (χ1) is 25.7. The summed E-state index contributed by atoms with van der Waals surface area (Å²) in [5.41, 5.74) is 17.8. The fraction of sp³-hybridized carbons (Fsp3) is 0.333. The van der Waals surface area contributed by atoms with E-state index in [0.29, 0.717) is 16.6 Å². The van der Waals surface area contributed by atoms with Crippen molar-refractivity contribution in [3.8, 4) is 17.2 Å². The summed E-state index contributed by atoms with van der Waals surface area (Å²) in [6.45, 7) is 26.3. The highest BCUT2D eigenvalue weighted by Gasteiger charge is 2.48. The quantitative estimate of drug-likeness (QED) is 0.165. The van der Waals surface area contributed by atoms with Gasteiger partial charge >= 0.3 is 0 Å². The first-order valence-corrected chi connectivity index (χ1v) is 22.3. The highest BCUT2D eigenvalue weighted by atomic mass is 28.3. The summed E-state index contributed by atoms with van der Waals surface area (Å²) in [6.07, 6.45) is 1.00. The van der Waals surface area contributed by atoms with Crippen LogP contribution in [0.5, 0.6) is 11.5 Å². The number of para-hydroxylation sites is 1. The zero-order valence-electron chi connectivity index (χ0n) is 33.7. The number of rotatable bonds is 5. The first-order valence-electron chi connectivity index (χ1n) is 20.1. The molecular formula is C48H51BN2O2Si. The Balaban J connectivity index is 1.45. The van der Waals surface area contributed by atoms with Crippen molar-refractivity contribution in [3.05, 3.63) is 95.6 Å². The predicted molar refractivity (Wildman–Crippen MR) is 234 cm³/mol. The fourth-order valence-electron chi connectivity index (χ4n) is 11.5. The first kappa shape index (κ1) is 33.9. The van der Waals surface area contributed by atoms with Gasteiger partial charge in [0.15, 0.2) is 0 Å². The normalized spacial score (nSPS) is 14.1. The van der Waals surface area contributed by atoms with Gasteiger partial charge in [0.2, 0.25) is 0 Å². The van der Waals surface area contributed by atoms with Gasteiger partial charge < -0.3 is 9.15 Å². The molecule has 6 heteroatoms. The van der Waals surface area contributed by atoms with Crippen molar-refractivity contribution in [1.29, 1.82) is 0 Å². The van der Waals surface area contributed by atoms with Gasteiger partial charge in [0, 0.05) is 11.1 Å². The van der Waals surface area contributed by atoms with Crippen molar-refractivity contribution in [3.63, 3.8) is 0 Å². The molecule has 0 unspecified atom stereocenters. The van der Waals surface area contributed by atoms with Gasteiger partial charge in [-0.05, 0) is 129 Å². The maximum atomic E-state index is 7.20. The number of benzene rings is 5.